The van der Waals surface area contributed by atoms with Crippen LogP contribution in [-0.2, 0) is 14.6 Å². The van der Waals surface area contributed by atoms with Crippen LogP contribution in [0.15, 0.2) is 29.2 Å². The Kier molecular flexibility index (Phi) is 3.53. The first-order chi connectivity index (χ1) is 9.90. The predicted octanol–water partition coefficient (Wildman–Crippen LogP) is 1.70. The van der Waals surface area contributed by atoms with E-state index < -0.39 is 21.8 Å². The van der Waals surface area contributed by atoms with Crippen LogP contribution in [0.25, 0.3) is 0 Å². The largest absolute Gasteiger partial charge is 0.480 e. The molecule has 3 unspecified atom stereocenters. The lowest BCUT2D eigenvalue weighted by molar-refractivity contribution is -0.146. The molecule has 5 nitrogen and oxygen atoms in total. The highest BCUT2D eigenvalue weighted by Crippen LogP contribution is 2.40. The first-order valence-corrected chi connectivity index (χ1v) is 8.85. The van der Waals surface area contributed by atoms with Gasteiger partial charge in [-0.25, -0.2) is 8.42 Å². The SMILES string of the molecule is CC1CCN(C2CS(=O)(=O)c3ccccc32)C(C(=O)O)C1. The first kappa shape index (κ1) is 14.5. The topological polar surface area (TPSA) is 74.7 Å². The molecule has 2 aliphatic rings. The molecule has 0 radical (unpaired) electrons. The Balaban J connectivity index is 1.99. The van der Waals surface area contributed by atoms with Crippen LogP contribution in [0.2, 0.25) is 0 Å². The summed E-state index contributed by atoms with van der Waals surface area (Å²) in [5.41, 5.74) is 0.748. The summed E-state index contributed by atoms with van der Waals surface area (Å²) < 4.78 is 24.5. The Hall–Kier alpha value is -1.40. The van der Waals surface area contributed by atoms with Crippen molar-refractivity contribution >= 4 is 15.8 Å². The average molecular weight is 309 g/mol. The van der Waals surface area contributed by atoms with Crippen LogP contribution in [0, 0.1) is 5.92 Å². The van der Waals surface area contributed by atoms with E-state index in [1.807, 2.05) is 24.0 Å². The number of hydrogen-bond donors (Lipinski definition) is 1. The lowest BCUT2D eigenvalue weighted by Crippen LogP contribution is -2.48. The summed E-state index contributed by atoms with van der Waals surface area (Å²) in [7, 11) is -3.30. The van der Waals surface area contributed by atoms with E-state index in [0.29, 0.717) is 23.8 Å². The van der Waals surface area contributed by atoms with Gasteiger partial charge < -0.3 is 5.11 Å². The van der Waals surface area contributed by atoms with Crippen LogP contribution >= 0.6 is 0 Å². The third kappa shape index (κ3) is 2.46. The van der Waals surface area contributed by atoms with Crippen molar-refractivity contribution in [2.45, 2.75) is 36.7 Å². The van der Waals surface area contributed by atoms with Gasteiger partial charge >= 0.3 is 5.97 Å². The summed E-state index contributed by atoms with van der Waals surface area (Å²) >= 11 is 0. The van der Waals surface area contributed by atoms with Gasteiger partial charge in [-0.05, 0) is 36.9 Å². The van der Waals surface area contributed by atoms with Crippen molar-refractivity contribution < 1.29 is 18.3 Å². The number of carbonyl (C=O) groups is 1. The zero-order valence-corrected chi connectivity index (χ0v) is 12.7. The number of fused-ring (bicyclic) bond motifs is 1. The molecule has 0 aliphatic carbocycles. The van der Waals surface area contributed by atoms with E-state index in [-0.39, 0.29) is 11.8 Å². The molecule has 6 heteroatoms. The van der Waals surface area contributed by atoms with E-state index in [2.05, 4.69) is 0 Å². The molecule has 3 atom stereocenters. The molecule has 1 N–H and O–H groups in total. The monoisotopic (exact) mass is 309 g/mol. The van der Waals surface area contributed by atoms with E-state index in [0.717, 1.165) is 12.0 Å². The quantitative estimate of drug-likeness (QED) is 0.900. The maximum absolute atomic E-state index is 12.3. The Labute approximate surface area is 124 Å². The maximum Gasteiger partial charge on any atom is 0.320 e. The standard InChI is InChI=1S/C15H19NO4S/c1-10-6-7-16(12(8-10)15(17)18)13-9-21(19,20)14-5-3-2-4-11(13)14/h2-5,10,12-13H,6-9H2,1H3,(H,17,18). The van der Waals surface area contributed by atoms with Gasteiger partial charge in [0.15, 0.2) is 9.84 Å². The lowest BCUT2D eigenvalue weighted by atomic mass is 9.90. The summed E-state index contributed by atoms with van der Waals surface area (Å²) in [4.78, 5) is 13.8. The zero-order valence-electron chi connectivity index (χ0n) is 11.9. The van der Waals surface area contributed by atoms with Gasteiger partial charge in [-0.1, -0.05) is 25.1 Å². The third-order valence-corrected chi connectivity index (χ3v) is 6.38. The van der Waals surface area contributed by atoms with Crippen LogP contribution < -0.4 is 0 Å². The molecule has 0 aromatic heterocycles. The highest BCUT2D eigenvalue weighted by atomic mass is 32.2. The Morgan fingerprint density at radius 2 is 2.05 bits per heavy atom. The molecule has 2 aliphatic heterocycles. The summed E-state index contributed by atoms with van der Waals surface area (Å²) in [5, 5.41) is 9.47. The molecule has 1 saturated heterocycles. The van der Waals surface area contributed by atoms with Crippen molar-refractivity contribution in [1.29, 1.82) is 0 Å². The van der Waals surface area contributed by atoms with Crippen LogP contribution in [-0.4, -0.2) is 42.7 Å². The molecule has 3 rings (SSSR count). The number of aliphatic carboxylic acids is 1. The highest BCUT2D eigenvalue weighted by molar-refractivity contribution is 7.91. The van der Waals surface area contributed by atoms with Crippen molar-refractivity contribution in [3.8, 4) is 0 Å². The Morgan fingerprint density at radius 3 is 2.76 bits per heavy atom. The number of hydrogen-bond acceptors (Lipinski definition) is 4. The fourth-order valence-corrected chi connectivity index (χ4v) is 5.29. The number of piperidine rings is 1. The van der Waals surface area contributed by atoms with Crippen molar-refractivity contribution in [3.63, 3.8) is 0 Å². The third-order valence-electron chi connectivity index (χ3n) is 4.58. The predicted molar refractivity (Wildman–Crippen MR) is 77.8 cm³/mol. The van der Waals surface area contributed by atoms with Crippen LogP contribution in [0.3, 0.4) is 0 Å². The lowest BCUT2D eigenvalue weighted by Gasteiger charge is -2.39. The number of benzene rings is 1. The molecule has 114 valence electrons. The fourth-order valence-electron chi connectivity index (χ4n) is 3.48. The van der Waals surface area contributed by atoms with E-state index in [4.69, 9.17) is 0 Å². The number of likely N-dealkylation sites (tertiary alicyclic amines) is 1. The maximum atomic E-state index is 12.3. The van der Waals surface area contributed by atoms with Gasteiger partial charge in [0, 0.05) is 0 Å². The molecule has 1 aromatic carbocycles. The number of sulfone groups is 1. The van der Waals surface area contributed by atoms with E-state index in [1.165, 1.54) is 0 Å². The normalized spacial score (nSPS) is 31.8. The second-order valence-corrected chi connectivity index (χ2v) is 8.06. The molecule has 0 saturated carbocycles. The minimum Gasteiger partial charge on any atom is -0.480 e. The van der Waals surface area contributed by atoms with Crippen LogP contribution in [0.5, 0.6) is 0 Å². The molecular weight excluding hydrogens is 290 g/mol. The fraction of sp³-hybridized carbons (Fsp3) is 0.533. The van der Waals surface area contributed by atoms with Gasteiger partial charge in [-0.15, -0.1) is 0 Å². The molecule has 1 fully saturated rings. The molecule has 0 bridgehead atoms. The Morgan fingerprint density at radius 1 is 1.33 bits per heavy atom. The van der Waals surface area contributed by atoms with Gasteiger partial charge in [0.2, 0.25) is 0 Å². The molecular formula is C15H19NO4S. The van der Waals surface area contributed by atoms with Gasteiger partial charge in [-0.3, -0.25) is 9.69 Å². The Bertz CT molecular complexity index is 670. The number of nitrogens with zero attached hydrogens (tertiary/aromatic N) is 1. The summed E-state index contributed by atoms with van der Waals surface area (Å²) in [6.45, 7) is 2.68. The number of carboxylic acids is 1. The van der Waals surface area contributed by atoms with Gasteiger partial charge in [0.25, 0.3) is 0 Å². The minimum atomic E-state index is -3.30. The minimum absolute atomic E-state index is 0.00942. The molecule has 0 spiro atoms. The van der Waals surface area contributed by atoms with Crippen LogP contribution in [0.4, 0.5) is 0 Å². The first-order valence-electron chi connectivity index (χ1n) is 7.20. The highest BCUT2D eigenvalue weighted by Gasteiger charge is 2.43. The van der Waals surface area contributed by atoms with E-state index in [1.54, 1.807) is 12.1 Å². The molecule has 21 heavy (non-hydrogen) atoms. The smallest absolute Gasteiger partial charge is 0.320 e. The number of carboxylic acid groups (broad SMARTS) is 1. The van der Waals surface area contributed by atoms with Crippen molar-refractivity contribution in [3.05, 3.63) is 29.8 Å². The van der Waals surface area contributed by atoms with Crippen molar-refractivity contribution in [2.24, 2.45) is 5.92 Å². The number of rotatable bonds is 2. The van der Waals surface area contributed by atoms with Crippen molar-refractivity contribution in [1.82, 2.24) is 4.90 Å². The van der Waals surface area contributed by atoms with Crippen molar-refractivity contribution in [2.75, 3.05) is 12.3 Å². The molecule has 2 heterocycles. The van der Waals surface area contributed by atoms with Gasteiger partial charge in [0.1, 0.15) is 6.04 Å². The summed E-state index contributed by atoms with van der Waals surface area (Å²) in [5.74, 6) is -0.510. The van der Waals surface area contributed by atoms with Gasteiger partial charge in [0.05, 0.1) is 16.7 Å². The van der Waals surface area contributed by atoms with Crippen LogP contribution in [0.1, 0.15) is 31.4 Å². The van der Waals surface area contributed by atoms with E-state index >= 15 is 0 Å². The summed E-state index contributed by atoms with van der Waals surface area (Å²) in [6.07, 6.45) is 1.48. The molecule has 0 amide bonds. The average Bonchev–Trinajstić information content (AvgIpc) is 2.71. The van der Waals surface area contributed by atoms with E-state index in [9.17, 15) is 18.3 Å². The second-order valence-electron chi connectivity index (χ2n) is 6.06. The molecule has 1 aromatic rings. The van der Waals surface area contributed by atoms with Gasteiger partial charge in [-0.2, -0.15) is 0 Å². The summed E-state index contributed by atoms with van der Waals surface area (Å²) in [6, 6.07) is 6.02. The second kappa shape index (κ2) is 5.10. The zero-order chi connectivity index (χ0) is 15.2.